The van der Waals surface area contributed by atoms with Gasteiger partial charge in [-0.2, -0.15) is 22.6 Å². The predicted octanol–water partition coefficient (Wildman–Crippen LogP) is 3.45. The number of aliphatic carboxylic acids is 1. The second kappa shape index (κ2) is 7.73. The average Bonchev–Trinajstić information content (AvgIpc) is 3.02. The Morgan fingerprint density at radius 1 is 1.38 bits per heavy atom. The van der Waals surface area contributed by atoms with Crippen LogP contribution in [-0.4, -0.2) is 40.6 Å². The molecule has 0 aliphatic heterocycles. The van der Waals surface area contributed by atoms with Crippen LogP contribution >= 0.6 is 15.9 Å². The van der Waals surface area contributed by atoms with Crippen molar-refractivity contribution in [3.63, 3.8) is 0 Å². The highest BCUT2D eigenvalue weighted by Gasteiger charge is 2.37. The normalized spacial score (nSPS) is 17.4. The monoisotopic (exact) mass is 495 g/mol. The summed E-state index contributed by atoms with van der Waals surface area (Å²) in [5.41, 5.74) is 0.114. The second-order valence-corrected chi connectivity index (χ2v) is 9.61. The van der Waals surface area contributed by atoms with Crippen LogP contribution in [0.3, 0.4) is 0 Å². The molecular weight excluding hydrogens is 479 g/mol. The molecule has 2 aromatic rings. The number of carboxylic acid groups (broad SMARTS) is 1. The Labute approximate surface area is 173 Å². The van der Waals surface area contributed by atoms with E-state index in [1.807, 2.05) is 0 Å². The third-order valence-corrected chi connectivity index (χ3v) is 7.13. The van der Waals surface area contributed by atoms with E-state index >= 15 is 0 Å². The lowest BCUT2D eigenvalue weighted by Gasteiger charge is -2.31. The van der Waals surface area contributed by atoms with Gasteiger partial charge in [0.15, 0.2) is 0 Å². The van der Waals surface area contributed by atoms with Gasteiger partial charge in [0.1, 0.15) is 6.54 Å². The highest BCUT2D eigenvalue weighted by atomic mass is 79.9. The van der Waals surface area contributed by atoms with Crippen LogP contribution in [0.2, 0.25) is 0 Å². The molecule has 0 bridgehead atoms. The second-order valence-electron chi connectivity index (χ2n) is 6.70. The molecule has 0 radical (unpaired) electrons. The molecule has 12 heteroatoms. The summed E-state index contributed by atoms with van der Waals surface area (Å²) in [6, 6.07) is 1.89. The fourth-order valence-corrected chi connectivity index (χ4v) is 5.53. The summed E-state index contributed by atoms with van der Waals surface area (Å²) in [5, 5.41) is 13.0. The van der Waals surface area contributed by atoms with Gasteiger partial charge in [0.2, 0.25) is 10.0 Å². The first-order chi connectivity index (χ1) is 13.4. The van der Waals surface area contributed by atoms with Crippen LogP contribution < -0.4 is 0 Å². The number of carboxylic acids is 1. The van der Waals surface area contributed by atoms with E-state index in [-0.39, 0.29) is 11.0 Å². The first-order valence-electron chi connectivity index (χ1n) is 8.53. The molecule has 1 N–H and O–H groups in total. The van der Waals surface area contributed by atoms with Gasteiger partial charge in [-0.05, 0) is 37.5 Å². The maximum Gasteiger partial charge on any atom is 0.416 e. The maximum absolute atomic E-state index is 13.1. The molecule has 1 aliphatic carbocycles. The van der Waals surface area contributed by atoms with E-state index in [1.165, 1.54) is 17.9 Å². The summed E-state index contributed by atoms with van der Waals surface area (Å²) >= 11 is 2.94. The number of halogens is 4. The number of fused-ring (bicyclic) bond motifs is 1. The van der Waals surface area contributed by atoms with Crippen molar-refractivity contribution < 1.29 is 31.5 Å². The van der Waals surface area contributed by atoms with E-state index in [4.69, 9.17) is 5.11 Å². The van der Waals surface area contributed by atoms with Crippen molar-refractivity contribution in [1.29, 1.82) is 0 Å². The van der Waals surface area contributed by atoms with Gasteiger partial charge in [0.05, 0.1) is 22.7 Å². The molecule has 1 aromatic carbocycles. The van der Waals surface area contributed by atoms with Gasteiger partial charge in [0, 0.05) is 22.8 Å². The number of sulfonamides is 1. The minimum atomic E-state index is -4.69. The largest absolute Gasteiger partial charge is 0.480 e. The average molecular weight is 496 g/mol. The summed E-state index contributed by atoms with van der Waals surface area (Å²) < 4.78 is 67.8. The quantitative estimate of drug-likeness (QED) is 0.685. The van der Waals surface area contributed by atoms with Crippen LogP contribution in [-0.2, 0) is 34.0 Å². The van der Waals surface area contributed by atoms with E-state index in [1.54, 1.807) is 0 Å². The molecule has 158 valence electrons. The summed E-state index contributed by atoms with van der Waals surface area (Å²) in [6.45, 7) is -0.348. The Morgan fingerprint density at radius 2 is 2.07 bits per heavy atom. The highest BCUT2D eigenvalue weighted by molar-refractivity contribution is 9.10. The van der Waals surface area contributed by atoms with Crippen LogP contribution in [0.5, 0.6) is 0 Å². The van der Waals surface area contributed by atoms with Crippen molar-refractivity contribution in [3.05, 3.63) is 45.7 Å². The van der Waals surface area contributed by atoms with Crippen LogP contribution in [0.4, 0.5) is 13.2 Å². The lowest BCUT2D eigenvalue weighted by molar-refractivity contribution is -0.138. The summed E-state index contributed by atoms with van der Waals surface area (Å²) in [5.74, 6) is -1.08. The zero-order valence-electron chi connectivity index (χ0n) is 15.1. The number of hydrogen-bond acceptors (Lipinski definition) is 4. The predicted molar refractivity (Wildman–Crippen MR) is 99.6 cm³/mol. The summed E-state index contributed by atoms with van der Waals surface area (Å²) in [6.07, 6.45) is -1.68. The summed E-state index contributed by atoms with van der Waals surface area (Å²) in [4.78, 5) is 10.5. The fraction of sp³-hybridized carbons (Fsp3) is 0.412. The van der Waals surface area contributed by atoms with Crippen molar-refractivity contribution >= 4 is 31.9 Å². The van der Waals surface area contributed by atoms with Crippen molar-refractivity contribution in [2.24, 2.45) is 0 Å². The van der Waals surface area contributed by atoms with Crippen molar-refractivity contribution in [2.75, 3.05) is 7.05 Å². The number of rotatable bonds is 5. The molecule has 1 heterocycles. The Bertz CT molecular complexity index is 1050. The van der Waals surface area contributed by atoms with E-state index in [0.717, 1.165) is 16.4 Å². The Morgan fingerprint density at radius 3 is 2.69 bits per heavy atom. The van der Waals surface area contributed by atoms with E-state index in [2.05, 4.69) is 21.0 Å². The Kier molecular flexibility index (Phi) is 5.80. The van der Waals surface area contributed by atoms with Crippen molar-refractivity contribution in [1.82, 2.24) is 14.1 Å². The molecule has 0 amide bonds. The van der Waals surface area contributed by atoms with Crippen LogP contribution in [0.25, 0.3) is 0 Å². The fourth-order valence-electron chi connectivity index (χ4n) is 3.45. The lowest BCUT2D eigenvalue weighted by Crippen LogP contribution is -2.33. The zero-order chi connectivity index (χ0) is 21.6. The summed E-state index contributed by atoms with van der Waals surface area (Å²) in [7, 11) is -2.95. The Hall–Kier alpha value is -1.92. The molecule has 1 aliphatic rings. The van der Waals surface area contributed by atoms with E-state index < -0.39 is 38.7 Å². The molecule has 29 heavy (non-hydrogen) atoms. The maximum atomic E-state index is 13.1. The van der Waals surface area contributed by atoms with Crippen LogP contribution in [0.1, 0.15) is 35.7 Å². The minimum absolute atomic E-state index is 0.00193. The van der Waals surface area contributed by atoms with E-state index in [9.17, 15) is 26.4 Å². The van der Waals surface area contributed by atoms with Gasteiger partial charge in [0.25, 0.3) is 0 Å². The molecule has 1 atom stereocenters. The third kappa shape index (κ3) is 4.33. The van der Waals surface area contributed by atoms with Crippen LogP contribution in [0.15, 0.2) is 33.8 Å². The van der Waals surface area contributed by atoms with Gasteiger partial charge >= 0.3 is 12.1 Å². The van der Waals surface area contributed by atoms with Crippen molar-refractivity contribution in [2.45, 2.75) is 42.9 Å². The topological polar surface area (TPSA) is 92.5 Å². The van der Waals surface area contributed by atoms with Gasteiger partial charge in [-0.1, -0.05) is 15.9 Å². The smallest absolute Gasteiger partial charge is 0.416 e. The molecule has 0 saturated heterocycles. The number of carbonyl (C=O) groups is 1. The van der Waals surface area contributed by atoms with Gasteiger partial charge < -0.3 is 5.11 Å². The number of hydrogen-bond donors (Lipinski definition) is 1. The van der Waals surface area contributed by atoms with Gasteiger partial charge in [-0.3, -0.25) is 9.48 Å². The molecule has 3 rings (SSSR count). The molecular formula is C17H17BrF3N3O4S. The molecule has 0 fully saturated rings. The van der Waals surface area contributed by atoms with Gasteiger partial charge in [-0.15, -0.1) is 0 Å². The number of aromatic nitrogens is 2. The standard InChI is InChI=1S/C17H17BrF3N3O4S/c1-23(14-3-2-4-15-13(14)8-22-24(15)9-16(25)26)29(27,28)12-6-10(17(19,20)21)5-11(18)7-12/h5-8,14H,2-4,9H2,1H3,(H,25,26). The highest BCUT2D eigenvalue weighted by Crippen LogP contribution is 2.38. The number of nitrogens with zero attached hydrogens (tertiary/aromatic N) is 3. The Balaban J connectivity index is 1.99. The molecule has 0 spiro atoms. The SMILES string of the molecule is CN(C1CCCc2c1cnn2CC(=O)O)S(=O)(=O)c1cc(Br)cc(C(F)(F)F)c1. The lowest BCUT2D eigenvalue weighted by atomic mass is 9.93. The molecule has 0 saturated carbocycles. The first kappa shape index (κ1) is 21.8. The number of benzene rings is 1. The third-order valence-electron chi connectivity index (χ3n) is 4.83. The molecule has 7 nitrogen and oxygen atoms in total. The van der Waals surface area contributed by atoms with Gasteiger partial charge in [-0.25, -0.2) is 8.42 Å². The minimum Gasteiger partial charge on any atom is -0.480 e. The molecule has 1 aromatic heterocycles. The zero-order valence-corrected chi connectivity index (χ0v) is 17.6. The van der Waals surface area contributed by atoms with Crippen LogP contribution in [0, 0.1) is 0 Å². The number of alkyl halides is 3. The van der Waals surface area contributed by atoms with Crippen molar-refractivity contribution in [3.8, 4) is 0 Å². The molecule has 1 unspecified atom stereocenters. The van der Waals surface area contributed by atoms with E-state index in [0.29, 0.717) is 36.6 Å². The first-order valence-corrected chi connectivity index (χ1v) is 10.8.